The largest absolute Gasteiger partial charge is 0.310 e. The minimum atomic E-state index is -0.313. The average Bonchev–Trinajstić information content (AvgIpc) is 0.898. The van der Waals surface area contributed by atoms with Gasteiger partial charge >= 0.3 is 0 Å². The fourth-order valence-corrected chi connectivity index (χ4v) is 15.9. The summed E-state index contributed by atoms with van der Waals surface area (Å²) in [5.41, 5.74) is 33.7. The van der Waals surface area contributed by atoms with Crippen LogP contribution in [0.4, 0.5) is 34.1 Å². The van der Waals surface area contributed by atoms with Gasteiger partial charge in [0.25, 0.3) is 6.71 Å². The second-order valence-corrected chi connectivity index (χ2v) is 29.8. The Morgan fingerprint density at radius 2 is 0.646 bits per heavy atom. The van der Waals surface area contributed by atoms with Crippen molar-refractivity contribution >= 4 is 107 Å². The molecule has 13 aromatic carbocycles. The Morgan fingerprint density at radius 1 is 0.302 bits per heavy atom. The molecule has 0 N–H and O–H groups in total. The van der Waals surface area contributed by atoms with E-state index in [1.165, 1.54) is 109 Å². The summed E-state index contributed by atoms with van der Waals surface area (Å²) in [6.45, 7) is 21.1. The molecule has 0 unspecified atom stereocenters. The maximum atomic E-state index is 3.64. The van der Waals surface area contributed by atoms with Gasteiger partial charge in [-0.05, 0) is 163 Å². The van der Waals surface area contributed by atoms with E-state index in [0.717, 1.165) is 67.8 Å². The molecule has 4 heterocycles. The number of aromatic nitrogens is 2. The molecular weight excluding hydrogens is 1160 g/mol. The summed E-state index contributed by atoms with van der Waals surface area (Å²) >= 11 is 0. The van der Waals surface area contributed by atoms with Gasteiger partial charge in [-0.1, -0.05) is 250 Å². The summed E-state index contributed by atoms with van der Waals surface area (Å²) in [5, 5.41) is 7.40. The number of benzene rings is 13. The smallest absolute Gasteiger partial charge is 0.252 e. The van der Waals surface area contributed by atoms with Crippen molar-refractivity contribution in [3.8, 4) is 55.9 Å². The minimum Gasteiger partial charge on any atom is -0.310 e. The summed E-state index contributed by atoms with van der Waals surface area (Å²) in [7, 11) is 0. The Labute approximate surface area is 562 Å². The summed E-state index contributed by atoms with van der Waals surface area (Å²) < 4.78 is 5.02. The summed E-state index contributed by atoms with van der Waals surface area (Å²) in [6, 6.07) is 106. The molecule has 0 spiro atoms. The van der Waals surface area contributed by atoms with Crippen LogP contribution >= 0.6 is 0 Å². The van der Waals surface area contributed by atoms with E-state index in [-0.39, 0.29) is 23.0 Å². The van der Waals surface area contributed by atoms with Gasteiger partial charge in [0.1, 0.15) is 0 Å². The van der Waals surface area contributed by atoms with Gasteiger partial charge in [-0.15, -0.1) is 5.73 Å². The Bertz CT molecular complexity index is 5700. The number of para-hydroxylation sites is 3. The first-order chi connectivity index (χ1) is 46.5. The lowest BCUT2D eigenvalue weighted by atomic mass is 9.33. The molecule has 96 heavy (non-hydrogen) atoms. The molecule has 15 aromatic rings. The van der Waals surface area contributed by atoms with Crippen molar-refractivity contribution in [3.63, 3.8) is 0 Å². The molecule has 0 bridgehead atoms. The molecule has 2 aliphatic heterocycles. The molecule has 18 rings (SSSR count). The van der Waals surface area contributed by atoms with E-state index < -0.39 is 0 Å². The monoisotopic (exact) mass is 1230 g/mol. The predicted molar refractivity (Wildman–Crippen MR) is 409 cm³/mol. The second kappa shape index (κ2) is 21.2. The molecule has 0 radical (unpaired) electrons. The zero-order chi connectivity index (χ0) is 65.1. The summed E-state index contributed by atoms with van der Waals surface area (Å²) in [6.07, 6.45) is 0. The maximum Gasteiger partial charge on any atom is 0.252 e. The van der Waals surface area contributed by atoms with Crippen LogP contribution in [0.15, 0.2) is 279 Å². The van der Waals surface area contributed by atoms with Crippen LogP contribution in [0.3, 0.4) is 0 Å². The normalized spacial score (nSPS) is 13.2. The van der Waals surface area contributed by atoms with E-state index in [9.17, 15) is 0 Å². The lowest BCUT2D eigenvalue weighted by Crippen LogP contribution is -2.61. The highest BCUT2D eigenvalue weighted by molar-refractivity contribution is 7.00. The molecule has 1 aliphatic carbocycles. The van der Waals surface area contributed by atoms with Crippen LogP contribution in [-0.2, 0) is 16.2 Å². The lowest BCUT2D eigenvalue weighted by molar-refractivity contribution is 0.590. The highest BCUT2D eigenvalue weighted by atomic mass is 15.2. The first-order valence-electron chi connectivity index (χ1n) is 34.0. The van der Waals surface area contributed by atoms with Crippen molar-refractivity contribution in [2.75, 3.05) is 9.80 Å². The van der Waals surface area contributed by atoms with Gasteiger partial charge in [-0.3, -0.25) is 0 Å². The van der Waals surface area contributed by atoms with Crippen LogP contribution in [0.2, 0.25) is 0 Å². The van der Waals surface area contributed by atoms with Gasteiger partial charge in [0.15, 0.2) is 0 Å². The van der Waals surface area contributed by atoms with Crippen molar-refractivity contribution in [1.82, 2.24) is 9.13 Å². The lowest BCUT2D eigenvalue weighted by Gasteiger charge is -2.47. The van der Waals surface area contributed by atoms with Crippen LogP contribution < -0.4 is 36.6 Å². The van der Waals surface area contributed by atoms with Crippen molar-refractivity contribution in [2.24, 2.45) is 0 Å². The molecule has 0 atom stereocenters. The van der Waals surface area contributed by atoms with Crippen LogP contribution in [-0.4, -0.2) is 15.8 Å². The van der Waals surface area contributed by atoms with Crippen molar-refractivity contribution in [3.05, 3.63) is 306 Å². The van der Waals surface area contributed by atoms with E-state index in [0.29, 0.717) is 0 Å². The SMILES string of the molecule is CC(C)(C)c1cc(-c2ccccc2)c(N2c3cc(-n4c5ccccc5c5ccccc54)ccc3B3c4ccc(-n5c6ccccc6c6c7c(ccc65)=C=7)cc4N(c4c(-c5ccccc5)cc(C(C)(C)C)cc4-c4ccccc4)c4cc(C(C)(C)C)cc2c43)c(-c2ccccc2)c1. The Kier molecular flexibility index (Phi) is 12.7. The molecule has 5 heteroatoms. The van der Waals surface area contributed by atoms with Gasteiger partial charge in [0, 0.05) is 88.4 Å². The van der Waals surface area contributed by atoms with Crippen molar-refractivity contribution in [2.45, 2.75) is 78.6 Å². The zero-order valence-corrected chi connectivity index (χ0v) is 55.9. The van der Waals surface area contributed by atoms with E-state index in [2.05, 4.69) is 366 Å². The van der Waals surface area contributed by atoms with Gasteiger partial charge in [-0.2, -0.15) is 0 Å². The molecular formula is C91H73BN4. The fraction of sp³-hybridized carbons (Fsp3) is 0.132. The predicted octanol–water partition coefficient (Wildman–Crippen LogP) is 20.6. The van der Waals surface area contributed by atoms with E-state index in [1.807, 2.05) is 0 Å². The number of rotatable bonds is 8. The molecule has 0 saturated heterocycles. The molecule has 0 amide bonds. The van der Waals surface area contributed by atoms with Crippen molar-refractivity contribution in [1.29, 1.82) is 0 Å². The van der Waals surface area contributed by atoms with Gasteiger partial charge in [0.2, 0.25) is 0 Å². The number of hydrogen-bond acceptors (Lipinski definition) is 2. The van der Waals surface area contributed by atoms with Gasteiger partial charge in [0.05, 0.1) is 33.4 Å². The highest BCUT2D eigenvalue weighted by Gasteiger charge is 2.47. The third kappa shape index (κ3) is 8.98. The Balaban J connectivity index is 1.03. The summed E-state index contributed by atoms with van der Waals surface area (Å²) in [4.78, 5) is 5.45. The van der Waals surface area contributed by atoms with E-state index in [4.69, 9.17) is 0 Å². The van der Waals surface area contributed by atoms with Crippen LogP contribution in [0.25, 0.3) is 105 Å². The quantitative estimate of drug-likeness (QED) is 0.141. The molecule has 3 aliphatic rings. The maximum absolute atomic E-state index is 3.64. The number of fused-ring (bicyclic) bond motifs is 12. The van der Waals surface area contributed by atoms with E-state index in [1.54, 1.807) is 0 Å². The Hall–Kier alpha value is -11.1. The van der Waals surface area contributed by atoms with Gasteiger partial charge < -0.3 is 18.9 Å². The molecule has 0 fully saturated rings. The second-order valence-electron chi connectivity index (χ2n) is 29.8. The van der Waals surface area contributed by atoms with Crippen molar-refractivity contribution < 1.29 is 0 Å². The number of hydrogen-bond donors (Lipinski definition) is 0. The van der Waals surface area contributed by atoms with Gasteiger partial charge in [-0.25, -0.2) is 0 Å². The third-order valence-corrected chi connectivity index (χ3v) is 20.8. The van der Waals surface area contributed by atoms with E-state index >= 15 is 0 Å². The summed E-state index contributed by atoms with van der Waals surface area (Å²) in [5.74, 6) is 0. The average molecular weight is 1230 g/mol. The van der Waals surface area contributed by atoms with Crippen LogP contribution in [0.1, 0.15) is 79.0 Å². The molecule has 2 aromatic heterocycles. The highest BCUT2D eigenvalue weighted by Crippen LogP contribution is 2.55. The molecule has 460 valence electrons. The topological polar surface area (TPSA) is 16.3 Å². The first-order valence-corrected chi connectivity index (χ1v) is 34.0. The zero-order valence-electron chi connectivity index (χ0n) is 55.9. The van der Waals surface area contributed by atoms with Crippen LogP contribution in [0.5, 0.6) is 0 Å². The van der Waals surface area contributed by atoms with Crippen LogP contribution in [0, 0.1) is 0 Å². The standard InChI is InChI=1S/C91H73BN4/c1-89(2,3)62-49-71(57-28-14-10-15-29-57)87(72(50-62)58-30-16-11-17-31-58)95-81-55-65(93-77-39-25-22-36-67(77)68-37-23-26-40-78(68)93)43-45-75(81)92-76-46-44-66(94-79-41-27-24-38-69(79)85-70-48-61(70)42-47-80(85)94)56-82(76)96(84-54-64(91(7,8)9)53-83(95)86(84)92)88-73(59-32-18-12-19-33-59)51-63(90(4,5)6)52-74(88)60-34-20-13-21-35-60/h10-47,49-56H,1-9H3. The minimum absolute atomic E-state index is 0.179. The third-order valence-electron chi connectivity index (χ3n) is 20.8. The number of nitrogens with zero attached hydrogens (tertiary/aromatic N) is 4. The fourth-order valence-electron chi connectivity index (χ4n) is 15.9. The molecule has 4 nitrogen and oxygen atoms in total. The molecule has 0 saturated carbocycles. The Morgan fingerprint density at radius 3 is 1.04 bits per heavy atom. The first kappa shape index (κ1) is 57.6. The number of anilines is 6.